The van der Waals surface area contributed by atoms with Crippen LogP contribution in [0.25, 0.3) is 0 Å². The first-order valence-corrected chi connectivity index (χ1v) is 6.66. The number of fused-ring (bicyclic) bond motifs is 1. The van der Waals surface area contributed by atoms with Crippen LogP contribution in [0.1, 0.15) is 26.7 Å². The molecule has 17 heavy (non-hydrogen) atoms. The number of rotatable bonds is 3. The van der Waals surface area contributed by atoms with Gasteiger partial charge in [0.25, 0.3) is 0 Å². The lowest BCUT2D eigenvalue weighted by Gasteiger charge is -2.56. The van der Waals surface area contributed by atoms with E-state index in [1.807, 2.05) is 0 Å². The van der Waals surface area contributed by atoms with Gasteiger partial charge in [0.05, 0.1) is 0 Å². The first kappa shape index (κ1) is 10.9. The minimum Gasteiger partial charge on any atom is -0.381 e. The van der Waals surface area contributed by atoms with Crippen molar-refractivity contribution >= 4 is 5.69 Å². The van der Waals surface area contributed by atoms with Crippen molar-refractivity contribution < 1.29 is 0 Å². The normalized spacial score (nSPS) is 29.2. The lowest BCUT2D eigenvalue weighted by Crippen LogP contribution is -2.49. The average molecular weight is 227 g/mol. The van der Waals surface area contributed by atoms with Gasteiger partial charge in [0.15, 0.2) is 0 Å². The molecule has 1 N–H and O–H groups in total. The summed E-state index contributed by atoms with van der Waals surface area (Å²) in [6.07, 6.45) is 5.17. The summed E-state index contributed by atoms with van der Waals surface area (Å²) in [5.74, 6) is 1.76. The SMILES string of the molecule is CC1(C)[C@@H]2CC=C(CNc3ccccc3)[C@H]1C2. The predicted molar refractivity (Wildman–Crippen MR) is 73.0 cm³/mol. The average Bonchev–Trinajstić information content (AvgIpc) is 2.37. The molecule has 1 saturated carbocycles. The second-order valence-corrected chi connectivity index (χ2v) is 6.04. The molecule has 1 heteroatoms. The molecule has 0 unspecified atom stereocenters. The van der Waals surface area contributed by atoms with Gasteiger partial charge < -0.3 is 5.32 Å². The second-order valence-electron chi connectivity index (χ2n) is 6.04. The lowest BCUT2D eigenvalue weighted by atomic mass is 9.49. The molecule has 0 spiro atoms. The Morgan fingerprint density at radius 3 is 2.65 bits per heavy atom. The largest absolute Gasteiger partial charge is 0.381 e. The Hall–Kier alpha value is -1.24. The first-order valence-electron chi connectivity index (χ1n) is 6.66. The van der Waals surface area contributed by atoms with Gasteiger partial charge in [-0.25, -0.2) is 0 Å². The van der Waals surface area contributed by atoms with Gasteiger partial charge in [0, 0.05) is 12.2 Å². The van der Waals surface area contributed by atoms with E-state index in [9.17, 15) is 0 Å². The van der Waals surface area contributed by atoms with Gasteiger partial charge in [0.1, 0.15) is 0 Å². The van der Waals surface area contributed by atoms with Crippen LogP contribution in [0.15, 0.2) is 42.0 Å². The highest BCUT2D eigenvalue weighted by atomic mass is 14.9. The molecule has 0 heterocycles. The smallest absolute Gasteiger partial charge is 0.0363 e. The van der Waals surface area contributed by atoms with Crippen LogP contribution in [0.3, 0.4) is 0 Å². The van der Waals surface area contributed by atoms with Crippen molar-refractivity contribution in [2.24, 2.45) is 17.3 Å². The van der Waals surface area contributed by atoms with Crippen LogP contribution >= 0.6 is 0 Å². The van der Waals surface area contributed by atoms with E-state index in [-0.39, 0.29) is 0 Å². The fraction of sp³-hybridized carbons (Fsp3) is 0.500. The van der Waals surface area contributed by atoms with E-state index in [0.717, 1.165) is 18.4 Å². The van der Waals surface area contributed by atoms with Crippen LogP contribution in [-0.4, -0.2) is 6.54 Å². The molecule has 90 valence electrons. The van der Waals surface area contributed by atoms with Crippen molar-refractivity contribution in [2.45, 2.75) is 26.7 Å². The minimum atomic E-state index is 0.544. The maximum absolute atomic E-state index is 3.54. The number of hydrogen-bond acceptors (Lipinski definition) is 1. The van der Waals surface area contributed by atoms with E-state index in [1.165, 1.54) is 18.5 Å². The van der Waals surface area contributed by atoms with Gasteiger partial charge >= 0.3 is 0 Å². The highest BCUT2D eigenvalue weighted by molar-refractivity contribution is 5.44. The maximum Gasteiger partial charge on any atom is 0.0363 e. The standard InChI is InChI=1S/C16H21N/c1-16(2)13-9-8-12(15(16)10-13)11-17-14-6-4-3-5-7-14/h3-8,13,15,17H,9-11H2,1-2H3/t13-,15-/m1/s1. The molecule has 1 fully saturated rings. The van der Waals surface area contributed by atoms with Crippen molar-refractivity contribution in [1.82, 2.24) is 0 Å². The summed E-state index contributed by atoms with van der Waals surface area (Å²) >= 11 is 0. The number of allylic oxidation sites excluding steroid dienone is 1. The number of nitrogens with one attached hydrogen (secondary N) is 1. The topological polar surface area (TPSA) is 12.0 Å². The summed E-state index contributed by atoms with van der Waals surface area (Å²) in [4.78, 5) is 0. The van der Waals surface area contributed by atoms with Crippen LogP contribution in [-0.2, 0) is 0 Å². The Labute approximate surface area is 104 Å². The molecule has 0 aromatic heterocycles. The monoisotopic (exact) mass is 227 g/mol. The number of para-hydroxylation sites is 1. The summed E-state index contributed by atoms with van der Waals surface area (Å²) in [6.45, 7) is 5.88. The lowest BCUT2D eigenvalue weighted by molar-refractivity contribution is -0.00629. The van der Waals surface area contributed by atoms with Crippen molar-refractivity contribution in [3.63, 3.8) is 0 Å². The van der Waals surface area contributed by atoms with Gasteiger partial charge in [-0.15, -0.1) is 0 Å². The first-order chi connectivity index (χ1) is 8.18. The molecule has 0 radical (unpaired) electrons. The van der Waals surface area contributed by atoms with Gasteiger partial charge in [0.2, 0.25) is 0 Å². The Balaban J connectivity index is 1.65. The number of benzene rings is 1. The Kier molecular flexibility index (Phi) is 2.50. The zero-order valence-electron chi connectivity index (χ0n) is 10.7. The van der Waals surface area contributed by atoms with Crippen molar-refractivity contribution in [3.05, 3.63) is 42.0 Å². The second kappa shape index (κ2) is 3.90. The van der Waals surface area contributed by atoms with Crippen molar-refractivity contribution in [2.75, 3.05) is 11.9 Å². The van der Waals surface area contributed by atoms with E-state index < -0.39 is 0 Å². The molecule has 0 aliphatic heterocycles. The molecule has 2 bridgehead atoms. The zero-order chi connectivity index (χ0) is 11.9. The van der Waals surface area contributed by atoms with Crippen LogP contribution in [0.2, 0.25) is 0 Å². The number of hydrogen-bond donors (Lipinski definition) is 1. The number of anilines is 1. The fourth-order valence-electron chi connectivity index (χ4n) is 3.44. The van der Waals surface area contributed by atoms with E-state index in [0.29, 0.717) is 5.41 Å². The highest BCUT2D eigenvalue weighted by Gasteiger charge is 2.50. The van der Waals surface area contributed by atoms with E-state index in [1.54, 1.807) is 5.57 Å². The van der Waals surface area contributed by atoms with Crippen LogP contribution in [0, 0.1) is 17.3 Å². The molecule has 3 aliphatic carbocycles. The summed E-state index contributed by atoms with van der Waals surface area (Å²) in [5.41, 5.74) is 3.40. The molecule has 1 aromatic carbocycles. The predicted octanol–water partition coefficient (Wildman–Crippen LogP) is 4.09. The van der Waals surface area contributed by atoms with Gasteiger partial charge in [-0.05, 0) is 42.2 Å². The summed E-state index contributed by atoms with van der Waals surface area (Å²) < 4.78 is 0. The minimum absolute atomic E-state index is 0.544. The third kappa shape index (κ3) is 1.78. The van der Waals surface area contributed by atoms with Crippen LogP contribution in [0.5, 0.6) is 0 Å². The Morgan fingerprint density at radius 1 is 1.24 bits per heavy atom. The van der Waals surface area contributed by atoms with Gasteiger partial charge in [-0.1, -0.05) is 43.7 Å². The maximum atomic E-state index is 3.54. The fourth-order valence-corrected chi connectivity index (χ4v) is 3.44. The molecule has 3 aliphatic rings. The van der Waals surface area contributed by atoms with Crippen LogP contribution in [0.4, 0.5) is 5.69 Å². The summed E-state index contributed by atoms with van der Waals surface area (Å²) in [7, 11) is 0. The molecular weight excluding hydrogens is 206 g/mol. The zero-order valence-corrected chi connectivity index (χ0v) is 10.7. The highest BCUT2D eigenvalue weighted by Crippen LogP contribution is 2.59. The Morgan fingerprint density at radius 2 is 2.00 bits per heavy atom. The van der Waals surface area contributed by atoms with E-state index in [4.69, 9.17) is 0 Å². The summed E-state index contributed by atoms with van der Waals surface area (Å²) in [5, 5.41) is 3.54. The molecule has 0 amide bonds. The Bertz CT molecular complexity index is 430. The van der Waals surface area contributed by atoms with Crippen LogP contribution < -0.4 is 5.32 Å². The molecule has 4 rings (SSSR count). The molecule has 1 aromatic rings. The van der Waals surface area contributed by atoms with Gasteiger partial charge in [-0.3, -0.25) is 0 Å². The third-order valence-corrected chi connectivity index (χ3v) is 4.85. The van der Waals surface area contributed by atoms with E-state index >= 15 is 0 Å². The van der Waals surface area contributed by atoms with Crippen molar-refractivity contribution in [1.29, 1.82) is 0 Å². The third-order valence-electron chi connectivity index (χ3n) is 4.85. The van der Waals surface area contributed by atoms with E-state index in [2.05, 4.69) is 55.6 Å². The molecule has 1 nitrogen and oxygen atoms in total. The quantitative estimate of drug-likeness (QED) is 0.767. The van der Waals surface area contributed by atoms with Gasteiger partial charge in [-0.2, -0.15) is 0 Å². The van der Waals surface area contributed by atoms with Crippen molar-refractivity contribution in [3.8, 4) is 0 Å². The summed E-state index contributed by atoms with van der Waals surface area (Å²) in [6, 6.07) is 10.5. The molecule has 0 saturated heterocycles. The molecule has 2 atom stereocenters. The molecular formula is C16H21N.